The molecule has 0 saturated carbocycles. The van der Waals surface area contributed by atoms with E-state index in [1.807, 2.05) is 91.0 Å². The summed E-state index contributed by atoms with van der Waals surface area (Å²) in [6.45, 7) is 0.991. The number of rotatable bonds is 11. The molecule has 0 fully saturated rings. The maximum absolute atomic E-state index is 13.7. The molecule has 4 heteroatoms. The molecule has 1 N–H and O–H groups in total. The van der Waals surface area contributed by atoms with Crippen LogP contribution in [0.4, 0.5) is 0 Å². The van der Waals surface area contributed by atoms with Gasteiger partial charge in [-0.1, -0.05) is 103 Å². The van der Waals surface area contributed by atoms with E-state index in [0.717, 1.165) is 36.0 Å². The van der Waals surface area contributed by atoms with Crippen molar-refractivity contribution < 1.29 is 9.59 Å². The van der Waals surface area contributed by atoms with E-state index in [4.69, 9.17) is 0 Å². The minimum Gasteiger partial charge on any atom is -0.354 e. The molecule has 0 bridgehead atoms. The zero-order chi connectivity index (χ0) is 25.0. The third-order valence-corrected chi connectivity index (χ3v) is 6.80. The average molecular weight is 481 g/mol. The molecular formula is C32H36N2O2. The molecule has 1 aliphatic carbocycles. The molecule has 4 nitrogen and oxygen atoms in total. The second-order valence-electron chi connectivity index (χ2n) is 9.52. The average Bonchev–Trinajstić information content (AvgIpc) is 2.93. The van der Waals surface area contributed by atoms with Gasteiger partial charge < -0.3 is 10.2 Å². The highest BCUT2D eigenvalue weighted by molar-refractivity contribution is 5.88. The fourth-order valence-electron chi connectivity index (χ4n) is 4.80. The van der Waals surface area contributed by atoms with Gasteiger partial charge in [-0.3, -0.25) is 9.59 Å². The van der Waals surface area contributed by atoms with Crippen LogP contribution in [0.1, 0.15) is 48.8 Å². The minimum absolute atomic E-state index is 0.0453. The molecule has 3 aromatic rings. The lowest BCUT2D eigenvalue weighted by Crippen LogP contribution is -2.51. The zero-order valence-corrected chi connectivity index (χ0v) is 20.9. The number of allylic oxidation sites excluding steroid dienone is 1. The Bertz CT molecular complexity index is 1130. The van der Waals surface area contributed by atoms with Gasteiger partial charge in [-0.05, 0) is 48.8 Å². The summed E-state index contributed by atoms with van der Waals surface area (Å²) in [6.07, 6.45) is 8.69. The third kappa shape index (κ3) is 7.67. The first-order chi connectivity index (χ1) is 17.7. The zero-order valence-electron chi connectivity index (χ0n) is 20.9. The van der Waals surface area contributed by atoms with Crippen LogP contribution in [0.3, 0.4) is 0 Å². The van der Waals surface area contributed by atoms with Crippen molar-refractivity contribution in [2.24, 2.45) is 0 Å². The van der Waals surface area contributed by atoms with Gasteiger partial charge in [-0.15, -0.1) is 0 Å². The van der Waals surface area contributed by atoms with E-state index in [-0.39, 0.29) is 18.2 Å². The van der Waals surface area contributed by atoms with E-state index < -0.39 is 6.04 Å². The van der Waals surface area contributed by atoms with Crippen molar-refractivity contribution in [3.8, 4) is 0 Å². The molecule has 186 valence electrons. The highest BCUT2D eigenvalue weighted by Gasteiger charge is 2.30. The van der Waals surface area contributed by atoms with Gasteiger partial charge in [-0.25, -0.2) is 0 Å². The number of carbonyl (C=O) groups excluding carboxylic acids is 2. The molecule has 1 atom stereocenters. The van der Waals surface area contributed by atoms with E-state index in [1.165, 1.54) is 18.4 Å². The smallest absolute Gasteiger partial charge is 0.243 e. The predicted molar refractivity (Wildman–Crippen MR) is 145 cm³/mol. The third-order valence-electron chi connectivity index (χ3n) is 6.80. The second-order valence-corrected chi connectivity index (χ2v) is 9.52. The number of nitrogens with one attached hydrogen (secondary N) is 1. The number of nitrogens with zero attached hydrogens (tertiary/aromatic N) is 1. The summed E-state index contributed by atoms with van der Waals surface area (Å²) >= 11 is 0. The monoisotopic (exact) mass is 480 g/mol. The molecule has 0 radical (unpaired) electrons. The molecule has 0 saturated heterocycles. The van der Waals surface area contributed by atoms with Gasteiger partial charge in [0.1, 0.15) is 6.04 Å². The van der Waals surface area contributed by atoms with Crippen molar-refractivity contribution in [3.63, 3.8) is 0 Å². The fourth-order valence-corrected chi connectivity index (χ4v) is 4.80. The first-order valence-corrected chi connectivity index (χ1v) is 13.1. The summed E-state index contributed by atoms with van der Waals surface area (Å²) in [6, 6.07) is 29.1. The van der Waals surface area contributed by atoms with E-state index >= 15 is 0 Å². The normalized spacial score (nSPS) is 13.9. The van der Waals surface area contributed by atoms with Crippen LogP contribution in [0, 0.1) is 0 Å². The highest BCUT2D eigenvalue weighted by atomic mass is 16.2. The van der Waals surface area contributed by atoms with Gasteiger partial charge in [0.2, 0.25) is 11.8 Å². The van der Waals surface area contributed by atoms with Gasteiger partial charge >= 0.3 is 0 Å². The number of carbonyl (C=O) groups is 2. The van der Waals surface area contributed by atoms with E-state index in [2.05, 4.69) is 11.4 Å². The first-order valence-electron chi connectivity index (χ1n) is 13.1. The largest absolute Gasteiger partial charge is 0.354 e. The topological polar surface area (TPSA) is 49.4 Å². The molecule has 2 amide bonds. The second kappa shape index (κ2) is 13.4. The Morgan fingerprint density at radius 2 is 1.39 bits per heavy atom. The van der Waals surface area contributed by atoms with Crippen LogP contribution in [0.15, 0.2) is 103 Å². The van der Waals surface area contributed by atoms with Crippen LogP contribution in [-0.2, 0) is 29.0 Å². The number of hydrogen-bond donors (Lipinski definition) is 1. The lowest BCUT2D eigenvalue weighted by molar-refractivity contribution is -0.140. The molecule has 0 aromatic heterocycles. The Morgan fingerprint density at radius 1 is 0.778 bits per heavy atom. The van der Waals surface area contributed by atoms with Crippen molar-refractivity contribution in [3.05, 3.63) is 119 Å². The van der Waals surface area contributed by atoms with Crippen molar-refractivity contribution in [1.82, 2.24) is 10.2 Å². The molecule has 36 heavy (non-hydrogen) atoms. The van der Waals surface area contributed by atoms with Crippen molar-refractivity contribution in [2.45, 2.75) is 57.5 Å². The number of amides is 2. The van der Waals surface area contributed by atoms with Crippen molar-refractivity contribution in [2.75, 3.05) is 6.54 Å². The van der Waals surface area contributed by atoms with Crippen LogP contribution in [0.5, 0.6) is 0 Å². The maximum Gasteiger partial charge on any atom is 0.243 e. The predicted octanol–water partition coefficient (Wildman–Crippen LogP) is 5.88. The molecule has 0 spiro atoms. The standard InChI is InChI=1S/C32H36N2O2/c35-31(24-28-17-9-3-10-18-28)34(25-29-19-11-4-12-20-29)30(23-27-15-7-2-8-16-27)32(36)33-22-21-26-13-5-1-6-14-26/h2-4,7-13,15-20,30H,1,5-6,14,21-25H2,(H,33,36)/t30-/m0/s1. The number of benzene rings is 3. The van der Waals surface area contributed by atoms with E-state index in [9.17, 15) is 9.59 Å². The molecule has 3 aromatic carbocycles. The van der Waals surface area contributed by atoms with Gasteiger partial charge in [0.25, 0.3) is 0 Å². The molecule has 0 aliphatic heterocycles. The first kappa shape index (κ1) is 25.4. The van der Waals surface area contributed by atoms with Crippen LogP contribution in [-0.4, -0.2) is 29.3 Å². The molecular weight excluding hydrogens is 444 g/mol. The van der Waals surface area contributed by atoms with Gasteiger partial charge in [0.15, 0.2) is 0 Å². The summed E-state index contributed by atoms with van der Waals surface area (Å²) < 4.78 is 0. The van der Waals surface area contributed by atoms with Crippen LogP contribution >= 0.6 is 0 Å². The summed E-state index contributed by atoms with van der Waals surface area (Å²) in [5.74, 6) is -0.135. The molecule has 0 unspecified atom stereocenters. The fraction of sp³-hybridized carbons (Fsp3) is 0.312. The van der Waals surface area contributed by atoms with E-state index in [1.54, 1.807) is 4.90 Å². The Hall–Kier alpha value is -3.66. The van der Waals surface area contributed by atoms with Gasteiger partial charge in [0, 0.05) is 19.5 Å². The lowest BCUT2D eigenvalue weighted by Gasteiger charge is -2.32. The summed E-state index contributed by atoms with van der Waals surface area (Å²) in [4.78, 5) is 29.1. The summed E-state index contributed by atoms with van der Waals surface area (Å²) in [7, 11) is 0. The maximum atomic E-state index is 13.7. The lowest BCUT2D eigenvalue weighted by atomic mass is 9.97. The molecule has 4 rings (SSSR count). The van der Waals surface area contributed by atoms with Crippen LogP contribution in [0.25, 0.3) is 0 Å². The van der Waals surface area contributed by atoms with Gasteiger partial charge in [0.05, 0.1) is 6.42 Å². The Kier molecular flexibility index (Phi) is 9.49. The quantitative estimate of drug-likeness (QED) is 0.349. The van der Waals surface area contributed by atoms with Crippen LogP contribution in [0.2, 0.25) is 0 Å². The highest BCUT2D eigenvalue weighted by Crippen LogP contribution is 2.20. The minimum atomic E-state index is -0.593. The Labute approximate surface area is 215 Å². The van der Waals surface area contributed by atoms with E-state index in [0.29, 0.717) is 19.5 Å². The van der Waals surface area contributed by atoms with Gasteiger partial charge in [-0.2, -0.15) is 0 Å². The van der Waals surface area contributed by atoms with Crippen molar-refractivity contribution >= 4 is 11.8 Å². The summed E-state index contributed by atoms with van der Waals surface area (Å²) in [5, 5.41) is 3.16. The Balaban J connectivity index is 1.56. The SMILES string of the molecule is O=C(NCCC1=CCCCC1)[C@H](Cc1ccccc1)N(Cc1ccccc1)C(=O)Cc1ccccc1. The molecule has 1 aliphatic rings. The Morgan fingerprint density at radius 3 is 2.00 bits per heavy atom. The summed E-state index contributed by atoms with van der Waals surface area (Å²) in [5.41, 5.74) is 4.43. The number of hydrogen-bond acceptors (Lipinski definition) is 2. The van der Waals surface area contributed by atoms with Crippen LogP contribution < -0.4 is 5.32 Å². The molecule has 0 heterocycles. The van der Waals surface area contributed by atoms with Crippen molar-refractivity contribution in [1.29, 1.82) is 0 Å².